The highest BCUT2D eigenvalue weighted by molar-refractivity contribution is 7.17. The Hall–Kier alpha value is -3.15. The van der Waals surface area contributed by atoms with Crippen LogP contribution in [0.5, 0.6) is 5.88 Å². The van der Waals surface area contributed by atoms with Gasteiger partial charge in [0.1, 0.15) is 6.10 Å². The molecule has 1 aliphatic rings. The molecule has 1 aliphatic carbocycles. The topological polar surface area (TPSA) is 159 Å². The van der Waals surface area contributed by atoms with Crippen LogP contribution in [0, 0.1) is 0 Å². The van der Waals surface area contributed by atoms with Crippen molar-refractivity contribution < 1.29 is 34.4 Å². The Kier molecular flexibility index (Phi) is 4.28. The number of amides is 2. The molecule has 1 atom stereocenters. The van der Waals surface area contributed by atoms with E-state index in [0.29, 0.717) is 23.4 Å². The van der Waals surface area contributed by atoms with Crippen LogP contribution in [0.15, 0.2) is 4.79 Å². The van der Waals surface area contributed by atoms with Crippen LogP contribution in [0.3, 0.4) is 0 Å². The van der Waals surface area contributed by atoms with Gasteiger partial charge in [0.05, 0.1) is 0 Å². The quantitative estimate of drug-likeness (QED) is 0.636. The number of aromatic hydroxyl groups is 1. The summed E-state index contributed by atoms with van der Waals surface area (Å²) >= 11 is 1.07. The van der Waals surface area contributed by atoms with E-state index in [1.54, 1.807) is 0 Å². The highest BCUT2D eigenvalue weighted by Gasteiger charge is 2.31. The zero-order valence-electron chi connectivity index (χ0n) is 13.3. The van der Waals surface area contributed by atoms with Crippen molar-refractivity contribution in [1.82, 2.24) is 14.3 Å². The van der Waals surface area contributed by atoms with Crippen molar-refractivity contribution in [2.24, 2.45) is 0 Å². The molecule has 11 nitrogen and oxygen atoms in total. The lowest BCUT2D eigenvalue weighted by atomic mass is 10.00. The van der Waals surface area contributed by atoms with Gasteiger partial charge in [0.25, 0.3) is 11.5 Å². The molecule has 12 heteroatoms. The molecule has 26 heavy (non-hydrogen) atoms. The zero-order valence-corrected chi connectivity index (χ0v) is 14.1. The first kappa shape index (κ1) is 17.7. The standard InChI is InChI=1S/C14H13N3O8S/c1-16(13(21)22)10(19)8-9(18)15-12-17(11(8)20)6-3-2-5(25-14(23)24)4-7(6)26-12/h5,18H,2-4H2,1H3,(H,21,22)(H,23,24). The molecule has 3 rings (SSSR count). The fourth-order valence-electron chi connectivity index (χ4n) is 2.79. The maximum atomic E-state index is 12.7. The highest BCUT2D eigenvalue weighted by atomic mass is 32.1. The third kappa shape index (κ3) is 2.83. The lowest BCUT2D eigenvalue weighted by molar-refractivity contribution is 0.0462. The first-order chi connectivity index (χ1) is 12.2. The van der Waals surface area contributed by atoms with Crippen molar-refractivity contribution in [3.8, 4) is 5.88 Å². The summed E-state index contributed by atoms with van der Waals surface area (Å²) in [6.45, 7) is 0. The molecule has 0 bridgehead atoms. The van der Waals surface area contributed by atoms with Crippen LogP contribution in [0.25, 0.3) is 4.96 Å². The number of nitrogens with zero attached hydrogens (tertiary/aromatic N) is 3. The minimum absolute atomic E-state index is 0.128. The number of aryl methyl sites for hydroxylation is 1. The molecule has 1 unspecified atom stereocenters. The molecule has 0 fully saturated rings. The van der Waals surface area contributed by atoms with Crippen molar-refractivity contribution in [2.75, 3.05) is 7.05 Å². The Morgan fingerprint density at radius 2 is 2.04 bits per heavy atom. The van der Waals surface area contributed by atoms with E-state index in [1.807, 2.05) is 0 Å². The number of ether oxygens (including phenoxy) is 1. The number of hydrogen-bond donors (Lipinski definition) is 3. The lowest BCUT2D eigenvalue weighted by Gasteiger charge is -2.20. The monoisotopic (exact) mass is 383 g/mol. The van der Waals surface area contributed by atoms with Crippen LogP contribution in [-0.4, -0.2) is 60.9 Å². The minimum atomic E-state index is -1.58. The molecule has 138 valence electrons. The number of carbonyl (C=O) groups excluding carboxylic acids is 1. The summed E-state index contributed by atoms with van der Waals surface area (Å²) in [5.41, 5.74) is -1.07. The first-order valence-electron chi connectivity index (χ1n) is 7.37. The van der Waals surface area contributed by atoms with E-state index in [2.05, 4.69) is 4.98 Å². The second kappa shape index (κ2) is 6.29. The van der Waals surface area contributed by atoms with Crippen molar-refractivity contribution in [2.45, 2.75) is 25.4 Å². The molecule has 0 saturated carbocycles. The van der Waals surface area contributed by atoms with Gasteiger partial charge in [-0.15, -0.1) is 11.3 Å². The number of carboxylic acid groups (broad SMARTS) is 2. The normalized spacial score (nSPS) is 16.1. The van der Waals surface area contributed by atoms with Gasteiger partial charge >= 0.3 is 12.2 Å². The lowest BCUT2D eigenvalue weighted by Crippen LogP contribution is -2.37. The number of thiazole rings is 1. The molecule has 2 aromatic heterocycles. The predicted molar refractivity (Wildman–Crippen MR) is 86.0 cm³/mol. The van der Waals surface area contributed by atoms with E-state index in [0.717, 1.165) is 22.8 Å². The van der Waals surface area contributed by atoms with Gasteiger partial charge in [-0.3, -0.25) is 14.0 Å². The van der Waals surface area contributed by atoms with Crippen LogP contribution in [-0.2, 0) is 17.6 Å². The Morgan fingerprint density at radius 3 is 2.65 bits per heavy atom. The van der Waals surface area contributed by atoms with E-state index >= 15 is 0 Å². The largest absolute Gasteiger partial charge is 0.506 e. The van der Waals surface area contributed by atoms with Gasteiger partial charge in [-0.25, -0.2) is 14.5 Å². The SMILES string of the molecule is CN(C(=O)O)C(=O)c1c(O)nc2sc3c(n2c1=O)CCC(OC(=O)O)C3. The van der Waals surface area contributed by atoms with Crippen LogP contribution in [0.2, 0.25) is 0 Å². The fraction of sp³-hybridized carbons (Fsp3) is 0.357. The summed E-state index contributed by atoms with van der Waals surface area (Å²) in [6, 6.07) is 0. The Bertz CT molecular complexity index is 994. The number of fused-ring (bicyclic) bond motifs is 3. The van der Waals surface area contributed by atoms with Crippen molar-refractivity contribution in [3.05, 3.63) is 26.5 Å². The third-order valence-corrected chi connectivity index (χ3v) is 5.13. The van der Waals surface area contributed by atoms with Gasteiger partial charge in [0.2, 0.25) is 5.88 Å². The van der Waals surface area contributed by atoms with E-state index < -0.39 is 41.3 Å². The molecule has 0 spiro atoms. The van der Waals surface area contributed by atoms with Gasteiger partial charge in [-0.05, 0) is 12.8 Å². The zero-order chi connectivity index (χ0) is 19.2. The minimum Gasteiger partial charge on any atom is -0.492 e. The van der Waals surface area contributed by atoms with Gasteiger partial charge in [0, 0.05) is 24.0 Å². The molecule has 2 aromatic rings. The van der Waals surface area contributed by atoms with Crippen molar-refractivity contribution >= 4 is 34.5 Å². The maximum absolute atomic E-state index is 12.7. The molecule has 0 aromatic carbocycles. The summed E-state index contributed by atoms with van der Waals surface area (Å²) in [5.74, 6) is -2.05. The Morgan fingerprint density at radius 1 is 1.35 bits per heavy atom. The number of rotatable bonds is 2. The molecule has 3 N–H and O–H groups in total. The van der Waals surface area contributed by atoms with Gasteiger partial charge in [-0.2, -0.15) is 4.98 Å². The maximum Gasteiger partial charge on any atom is 0.506 e. The second-order valence-electron chi connectivity index (χ2n) is 5.60. The summed E-state index contributed by atoms with van der Waals surface area (Å²) in [6.07, 6.45) is -2.64. The predicted octanol–water partition coefficient (Wildman–Crippen LogP) is 0.763. The fourth-order valence-corrected chi connectivity index (χ4v) is 4.01. The number of hydrogen-bond acceptors (Lipinski definition) is 8. The summed E-state index contributed by atoms with van der Waals surface area (Å²) in [5, 5.41) is 27.6. The van der Waals surface area contributed by atoms with Crippen LogP contribution in [0.4, 0.5) is 9.59 Å². The van der Waals surface area contributed by atoms with Gasteiger partial charge < -0.3 is 20.1 Å². The van der Waals surface area contributed by atoms with Crippen LogP contribution < -0.4 is 5.56 Å². The number of aromatic nitrogens is 2. The molecule has 0 radical (unpaired) electrons. The average molecular weight is 383 g/mol. The van der Waals surface area contributed by atoms with Crippen molar-refractivity contribution in [1.29, 1.82) is 0 Å². The molecule has 0 saturated heterocycles. The molecular formula is C14H13N3O8S. The van der Waals surface area contributed by atoms with Crippen molar-refractivity contribution in [3.63, 3.8) is 0 Å². The number of carbonyl (C=O) groups is 3. The first-order valence-corrected chi connectivity index (χ1v) is 8.19. The summed E-state index contributed by atoms with van der Waals surface area (Å²) < 4.78 is 5.91. The highest BCUT2D eigenvalue weighted by Crippen LogP contribution is 2.31. The van der Waals surface area contributed by atoms with E-state index in [1.165, 1.54) is 0 Å². The van der Waals surface area contributed by atoms with Gasteiger partial charge in [-0.1, -0.05) is 0 Å². The molecule has 2 heterocycles. The average Bonchev–Trinajstić information content (AvgIpc) is 2.90. The Balaban J connectivity index is 2.10. The smallest absolute Gasteiger partial charge is 0.492 e. The van der Waals surface area contributed by atoms with Crippen LogP contribution >= 0.6 is 11.3 Å². The van der Waals surface area contributed by atoms with E-state index in [-0.39, 0.29) is 16.3 Å². The van der Waals surface area contributed by atoms with Crippen LogP contribution in [0.1, 0.15) is 27.3 Å². The van der Waals surface area contributed by atoms with E-state index in [4.69, 9.17) is 14.9 Å². The summed E-state index contributed by atoms with van der Waals surface area (Å²) in [7, 11) is 0.954. The van der Waals surface area contributed by atoms with E-state index in [9.17, 15) is 24.3 Å². The summed E-state index contributed by atoms with van der Waals surface area (Å²) in [4.78, 5) is 51.4. The molecule has 2 amide bonds. The number of imide groups is 1. The van der Waals surface area contributed by atoms with Gasteiger partial charge in [0.15, 0.2) is 10.5 Å². The third-order valence-electron chi connectivity index (χ3n) is 4.03. The Labute approximate surface area is 148 Å². The molecule has 0 aliphatic heterocycles. The molecular weight excluding hydrogens is 370 g/mol. The second-order valence-corrected chi connectivity index (χ2v) is 6.66.